The van der Waals surface area contributed by atoms with Gasteiger partial charge in [-0.2, -0.15) is 0 Å². The minimum Gasteiger partial charge on any atom is -0.352 e. The van der Waals surface area contributed by atoms with E-state index in [2.05, 4.69) is 5.32 Å². The molecule has 0 heterocycles. The standard InChI is InChI=1S/C29H41N3O4S/c1-5-26(29(34)30-24-16-10-7-11-17-24)31(20-23-14-8-6-9-15-23)28(33)21-32(37(4,35)36)27-19-13-12-18-25(27)22(2)3/h6,8-9,12-15,18-19,22,24,26H,5,7,10-11,16-17,20-21H2,1-4H3,(H,30,34)/t26-/m1/s1. The van der Waals surface area contributed by atoms with E-state index >= 15 is 0 Å². The highest BCUT2D eigenvalue weighted by Crippen LogP contribution is 2.29. The maximum atomic E-state index is 13.9. The van der Waals surface area contributed by atoms with Crippen molar-refractivity contribution in [2.75, 3.05) is 17.1 Å². The Morgan fingerprint density at radius 2 is 1.59 bits per heavy atom. The van der Waals surface area contributed by atoms with E-state index in [9.17, 15) is 18.0 Å². The van der Waals surface area contributed by atoms with Crippen molar-refractivity contribution in [1.29, 1.82) is 0 Å². The van der Waals surface area contributed by atoms with Crippen molar-refractivity contribution in [3.05, 3.63) is 65.7 Å². The first-order valence-corrected chi connectivity index (χ1v) is 15.2. The Morgan fingerprint density at radius 3 is 2.19 bits per heavy atom. The lowest BCUT2D eigenvalue weighted by Gasteiger charge is -2.34. The molecule has 2 aromatic carbocycles. The van der Waals surface area contributed by atoms with Gasteiger partial charge in [-0.3, -0.25) is 13.9 Å². The molecule has 1 atom stereocenters. The molecule has 1 saturated carbocycles. The van der Waals surface area contributed by atoms with Gasteiger partial charge in [0.2, 0.25) is 21.8 Å². The Bertz CT molecular complexity index is 1140. The zero-order chi connectivity index (χ0) is 27.0. The Morgan fingerprint density at radius 1 is 0.973 bits per heavy atom. The molecule has 37 heavy (non-hydrogen) atoms. The fourth-order valence-corrected chi connectivity index (χ4v) is 5.91. The molecule has 1 aliphatic carbocycles. The van der Waals surface area contributed by atoms with E-state index in [0.29, 0.717) is 12.1 Å². The molecule has 0 radical (unpaired) electrons. The molecule has 0 bridgehead atoms. The Labute approximate surface area is 222 Å². The highest BCUT2D eigenvalue weighted by molar-refractivity contribution is 7.92. The van der Waals surface area contributed by atoms with Gasteiger partial charge in [0.15, 0.2) is 0 Å². The summed E-state index contributed by atoms with van der Waals surface area (Å²) in [6.07, 6.45) is 6.80. The summed E-state index contributed by atoms with van der Waals surface area (Å²) in [6, 6.07) is 16.2. The van der Waals surface area contributed by atoms with E-state index in [1.54, 1.807) is 17.0 Å². The molecule has 2 aromatic rings. The van der Waals surface area contributed by atoms with Crippen LogP contribution in [0.5, 0.6) is 0 Å². The summed E-state index contributed by atoms with van der Waals surface area (Å²) >= 11 is 0. The molecule has 0 spiro atoms. The third-order valence-electron chi connectivity index (χ3n) is 7.04. The van der Waals surface area contributed by atoms with Crippen LogP contribution in [0, 0.1) is 0 Å². The Hall–Kier alpha value is -2.87. The molecule has 8 heteroatoms. The van der Waals surface area contributed by atoms with E-state index in [-0.39, 0.29) is 31.0 Å². The summed E-state index contributed by atoms with van der Waals surface area (Å²) in [4.78, 5) is 28.9. The second-order valence-electron chi connectivity index (χ2n) is 10.3. The first-order valence-electron chi connectivity index (χ1n) is 13.3. The first kappa shape index (κ1) is 28.7. The van der Waals surface area contributed by atoms with Gasteiger partial charge >= 0.3 is 0 Å². The van der Waals surface area contributed by atoms with Gasteiger partial charge in [0, 0.05) is 12.6 Å². The molecule has 2 amide bonds. The minimum absolute atomic E-state index is 0.0700. The van der Waals surface area contributed by atoms with Crippen LogP contribution in [0.1, 0.15) is 76.3 Å². The SMILES string of the molecule is CC[C@H](C(=O)NC1CCCCC1)N(Cc1ccccc1)C(=O)CN(c1ccccc1C(C)C)S(C)(=O)=O. The number of rotatable bonds is 11. The zero-order valence-electron chi connectivity index (χ0n) is 22.5. The van der Waals surface area contributed by atoms with Gasteiger partial charge in [-0.1, -0.05) is 88.6 Å². The van der Waals surface area contributed by atoms with Crippen LogP contribution in [-0.4, -0.2) is 50.0 Å². The van der Waals surface area contributed by atoms with Crippen LogP contribution in [0.3, 0.4) is 0 Å². The zero-order valence-corrected chi connectivity index (χ0v) is 23.3. The van der Waals surface area contributed by atoms with Crippen LogP contribution < -0.4 is 9.62 Å². The van der Waals surface area contributed by atoms with E-state index < -0.39 is 22.0 Å². The maximum Gasteiger partial charge on any atom is 0.244 e. The molecule has 1 aliphatic rings. The predicted octanol–water partition coefficient (Wildman–Crippen LogP) is 4.83. The highest BCUT2D eigenvalue weighted by atomic mass is 32.2. The van der Waals surface area contributed by atoms with Crippen LogP contribution in [0.15, 0.2) is 54.6 Å². The van der Waals surface area contributed by atoms with Crippen molar-refractivity contribution >= 4 is 27.5 Å². The number of para-hydroxylation sites is 1. The topological polar surface area (TPSA) is 86.8 Å². The smallest absolute Gasteiger partial charge is 0.244 e. The third-order valence-corrected chi connectivity index (χ3v) is 8.17. The maximum absolute atomic E-state index is 13.9. The van der Waals surface area contributed by atoms with Crippen LogP contribution in [-0.2, 0) is 26.2 Å². The largest absolute Gasteiger partial charge is 0.352 e. The summed E-state index contributed by atoms with van der Waals surface area (Å²) in [5.74, 6) is -0.508. The fourth-order valence-electron chi connectivity index (χ4n) is 5.04. The summed E-state index contributed by atoms with van der Waals surface area (Å²) in [7, 11) is -3.77. The average molecular weight is 528 g/mol. The second-order valence-corrected chi connectivity index (χ2v) is 12.2. The molecule has 0 unspecified atom stereocenters. The summed E-state index contributed by atoms with van der Waals surface area (Å²) in [5.41, 5.74) is 2.22. The molecule has 0 aliphatic heterocycles. The summed E-state index contributed by atoms with van der Waals surface area (Å²) in [5, 5.41) is 3.17. The summed E-state index contributed by atoms with van der Waals surface area (Å²) < 4.78 is 27.0. The molecule has 1 fully saturated rings. The normalized spacial score (nSPS) is 15.3. The molecule has 0 saturated heterocycles. The van der Waals surface area contributed by atoms with Crippen molar-refractivity contribution in [2.45, 2.75) is 83.8 Å². The van der Waals surface area contributed by atoms with Gasteiger partial charge in [0.05, 0.1) is 11.9 Å². The monoisotopic (exact) mass is 527 g/mol. The number of hydrogen-bond donors (Lipinski definition) is 1. The minimum atomic E-state index is -3.77. The number of hydrogen-bond acceptors (Lipinski definition) is 4. The number of anilines is 1. The van der Waals surface area contributed by atoms with Gasteiger partial charge in [0.25, 0.3) is 0 Å². The molecular formula is C29H41N3O4S. The number of benzene rings is 2. The lowest BCUT2D eigenvalue weighted by atomic mass is 9.95. The van der Waals surface area contributed by atoms with Gasteiger partial charge in [0.1, 0.15) is 12.6 Å². The van der Waals surface area contributed by atoms with Crippen molar-refractivity contribution in [1.82, 2.24) is 10.2 Å². The van der Waals surface area contributed by atoms with Crippen molar-refractivity contribution in [2.24, 2.45) is 0 Å². The van der Waals surface area contributed by atoms with Crippen LogP contribution >= 0.6 is 0 Å². The molecule has 1 N–H and O–H groups in total. The molecule has 202 valence electrons. The number of carbonyl (C=O) groups excluding carboxylic acids is 2. The van der Waals surface area contributed by atoms with Crippen LogP contribution in [0.4, 0.5) is 5.69 Å². The summed E-state index contributed by atoms with van der Waals surface area (Å²) in [6.45, 7) is 5.72. The van der Waals surface area contributed by atoms with Crippen molar-refractivity contribution < 1.29 is 18.0 Å². The second kappa shape index (κ2) is 13.1. The Kier molecular flexibility index (Phi) is 10.1. The van der Waals surface area contributed by atoms with Gasteiger partial charge < -0.3 is 10.2 Å². The van der Waals surface area contributed by atoms with Gasteiger partial charge in [-0.15, -0.1) is 0 Å². The van der Waals surface area contributed by atoms with E-state index in [1.807, 2.05) is 63.2 Å². The predicted molar refractivity (Wildman–Crippen MR) is 149 cm³/mol. The van der Waals surface area contributed by atoms with E-state index in [1.165, 1.54) is 10.7 Å². The van der Waals surface area contributed by atoms with Crippen molar-refractivity contribution in [3.8, 4) is 0 Å². The molecule has 0 aromatic heterocycles. The number of carbonyl (C=O) groups is 2. The molecular weight excluding hydrogens is 486 g/mol. The number of amides is 2. The van der Waals surface area contributed by atoms with Crippen molar-refractivity contribution in [3.63, 3.8) is 0 Å². The van der Waals surface area contributed by atoms with Gasteiger partial charge in [-0.25, -0.2) is 8.42 Å². The lowest BCUT2D eigenvalue weighted by molar-refractivity contribution is -0.140. The lowest BCUT2D eigenvalue weighted by Crippen LogP contribution is -2.54. The van der Waals surface area contributed by atoms with E-state index in [0.717, 1.165) is 43.1 Å². The van der Waals surface area contributed by atoms with Crippen LogP contribution in [0.2, 0.25) is 0 Å². The highest BCUT2D eigenvalue weighted by Gasteiger charge is 2.33. The van der Waals surface area contributed by atoms with Gasteiger partial charge in [-0.05, 0) is 42.4 Å². The molecule has 7 nitrogen and oxygen atoms in total. The number of nitrogens with one attached hydrogen (secondary N) is 1. The third kappa shape index (κ3) is 7.81. The quantitative estimate of drug-likeness (QED) is 0.453. The number of nitrogens with zero attached hydrogens (tertiary/aromatic N) is 2. The average Bonchev–Trinajstić information content (AvgIpc) is 2.87. The van der Waals surface area contributed by atoms with E-state index in [4.69, 9.17) is 0 Å². The molecule has 3 rings (SSSR count). The first-order chi connectivity index (χ1) is 17.6. The Balaban J connectivity index is 1.93. The van der Waals surface area contributed by atoms with Crippen LogP contribution in [0.25, 0.3) is 0 Å². The number of sulfonamides is 1. The fraction of sp³-hybridized carbons (Fsp3) is 0.517.